The van der Waals surface area contributed by atoms with Gasteiger partial charge in [0.1, 0.15) is 0 Å². The van der Waals surface area contributed by atoms with Crippen LogP contribution in [0.1, 0.15) is 57.4 Å². The van der Waals surface area contributed by atoms with Gasteiger partial charge in [0, 0.05) is 30.9 Å². The third-order valence-corrected chi connectivity index (χ3v) is 4.63. The first-order chi connectivity index (χ1) is 9.85. The van der Waals surface area contributed by atoms with Crippen LogP contribution in [0.15, 0.2) is 18.0 Å². The fourth-order valence-corrected chi connectivity index (χ4v) is 3.18. The number of aromatic nitrogens is 2. The fourth-order valence-electron chi connectivity index (χ4n) is 3.18. The molecule has 2 fully saturated rings. The molecule has 0 unspecified atom stereocenters. The Kier molecular flexibility index (Phi) is 4.56. The van der Waals surface area contributed by atoms with E-state index in [2.05, 4.69) is 29.6 Å². The number of aryl methyl sites for hydroxylation is 1. The highest BCUT2D eigenvalue weighted by Gasteiger charge is 2.23. The molecule has 2 saturated carbocycles. The van der Waals surface area contributed by atoms with Gasteiger partial charge in [-0.2, -0.15) is 5.10 Å². The molecule has 2 aliphatic rings. The van der Waals surface area contributed by atoms with Crippen LogP contribution < -0.4 is 5.32 Å². The number of rotatable bonds is 6. The van der Waals surface area contributed by atoms with Gasteiger partial charge in [0.2, 0.25) is 0 Å². The van der Waals surface area contributed by atoms with E-state index < -0.39 is 0 Å². The molecule has 1 heterocycles. The largest absolute Gasteiger partial charge is 0.310 e. The van der Waals surface area contributed by atoms with Crippen LogP contribution in [0.5, 0.6) is 0 Å². The van der Waals surface area contributed by atoms with Crippen molar-refractivity contribution in [2.24, 2.45) is 5.92 Å². The van der Waals surface area contributed by atoms with Gasteiger partial charge >= 0.3 is 0 Å². The maximum Gasteiger partial charge on any atom is 0.0562 e. The molecule has 0 aliphatic heterocycles. The zero-order chi connectivity index (χ0) is 13.8. The quantitative estimate of drug-likeness (QED) is 0.858. The molecule has 3 nitrogen and oxygen atoms in total. The zero-order valence-electron chi connectivity index (χ0n) is 12.6. The fraction of sp³-hybridized carbons (Fsp3) is 0.706. The molecule has 1 aromatic rings. The van der Waals surface area contributed by atoms with Crippen LogP contribution in [0.3, 0.4) is 0 Å². The second-order valence-corrected chi connectivity index (χ2v) is 6.34. The summed E-state index contributed by atoms with van der Waals surface area (Å²) in [6.07, 6.45) is 16.3. The number of hydrogen-bond donors (Lipinski definition) is 1. The van der Waals surface area contributed by atoms with E-state index in [9.17, 15) is 0 Å². The number of nitrogens with one attached hydrogen (secondary N) is 1. The SMILES string of the molecule is CCn1cc(/C=C(/CNC2CC2)C2CCCCC2)cn1. The molecule has 0 aromatic carbocycles. The number of nitrogens with zero attached hydrogens (tertiary/aromatic N) is 2. The third kappa shape index (κ3) is 3.72. The van der Waals surface area contributed by atoms with Crippen molar-refractivity contribution in [2.75, 3.05) is 6.54 Å². The van der Waals surface area contributed by atoms with E-state index in [4.69, 9.17) is 0 Å². The van der Waals surface area contributed by atoms with Crippen LogP contribution in [-0.2, 0) is 6.54 Å². The predicted molar refractivity (Wildman–Crippen MR) is 83.5 cm³/mol. The molecule has 0 amide bonds. The molecule has 1 N–H and O–H groups in total. The first-order valence-electron chi connectivity index (χ1n) is 8.31. The van der Waals surface area contributed by atoms with Crippen molar-refractivity contribution in [2.45, 2.75) is 64.5 Å². The molecule has 110 valence electrons. The van der Waals surface area contributed by atoms with Crippen molar-refractivity contribution >= 4 is 6.08 Å². The summed E-state index contributed by atoms with van der Waals surface area (Å²) in [5.74, 6) is 0.792. The highest BCUT2D eigenvalue weighted by Crippen LogP contribution is 2.31. The Morgan fingerprint density at radius 1 is 1.30 bits per heavy atom. The summed E-state index contributed by atoms with van der Waals surface area (Å²) in [4.78, 5) is 0. The highest BCUT2D eigenvalue weighted by molar-refractivity contribution is 5.52. The van der Waals surface area contributed by atoms with Crippen LogP contribution in [0.2, 0.25) is 0 Å². The van der Waals surface area contributed by atoms with Gasteiger partial charge < -0.3 is 5.32 Å². The van der Waals surface area contributed by atoms with Crippen LogP contribution in [0, 0.1) is 5.92 Å². The minimum absolute atomic E-state index is 0.792. The Labute approximate surface area is 122 Å². The van der Waals surface area contributed by atoms with Crippen LogP contribution in [0.4, 0.5) is 0 Å². The van der Waals surface area contributed by atoms with Crippen molar-refractivity contribution in [1.82, 2.24) is 15.1 Å². The molecule has 2 aliphatic carbocycles. The molecule has 0 saturated heterocycles. The lowest BCUT2D eigenvalue weighted by Gasteiger charge is -2.25. The summed E-state index contributed by atoms with van der Waals surface area (Å²) in [6.45, 7) is 4.16. The molecule has 3 heteroatoms. The monoisotopic (exact) mass is 273 g/mol. The average Bonchev–Trinajstić information content (AvgIpc) is 3.22. The molecule has 0 atom stereocenters. The van der Waals surface area contributed by atoms with Gasteiger partial charge in [0.05, 0.1) is 6.20 Å². The Bertz CT molecular complexity index is 451. The zero-order valence-corrected chi connectivity index (χ0v) is 12.6. The van der Waals surface area contributed by atoms with Crippen molar-refractivity contribution in [3.8, 4) is 0 Å². The van der Waals surface area contributed by atoms with Crippen molar-refractivity contribution in [3.63, 3.8) is 0 Å². The van der Waals surface area contributed by atoms with Crippen molar-refractivity contribution in [3.05, 3.63) is 23.5 Å². The maximum absolute atomic E-state index is 4.39. The van der Waals surface area contributed by atoms with E-state index in [0.29, 0.717) is 0 Å². The Balaban J connectivity index is 1.71. The van der Waals surface area contributed by atoms with Gasteiger partial charge in [0.25, 0.3) is 0 Å². The Hall–Kier alpha value is -1.09. The minimum Gasteiger partial charge on any atom is -0.310 e. The van der Waals surface area contributed by atoms with Gasteiger partial charge in [0.15, 0.2) is 0 Å². The molecule has 0 radical (unpaired) electrons. The van der Waals surface area contributed by atoms with Crippen LogP contribution in [-0.4, -0.2) is 22.4 Å². The van der Waals surface area contributed by atoms with Gasteiger partial charge in [-0.1, -0.05) is 30.9 Å². The van der Waals surface area contributed by atoms with E-state index in [1.54, 1.807) is 5.57 Å². The van der Waals surface area contributed by atoms with E-state index in [-0.39, 0.29) is 0 Å². The minimum atomic E-state index is 0.792. The molecule has 0 bridgehead atoms. The molecular formula is C17H27N3. The van der Waals surface area contributed by atoms with E-state index >= 15 is 0 Å². The topological polar surface area (TPSA) is 29.9 Å². The van der Waals surface area contributed by atoms with Gasteiger partial charge in [-0.05, 0) is 38.5 Å². The molecule has 1 aromatic heterocycles. The molecule has 0 spiro atoms. The Morgan fingerprint density at radius 3 is 2.75 bits per heavy atom. The molecule has 3 rings (SSSR count). The van der Waals surface area contributed by atoms with E-state index in [0.717, 1.165) is 25.0 Å². The van der Waals surface area contributed by atoms with E-state index in [1.807, 2.05) is 10.9 Å². The summed E-state index contributed by atoms with van der Waals surface area (Å²) < 4.78 is 2.01. The molecule has 20 heavy (non-hydrogen) atoms. The summed E-state index contributed by atoms with van der Waals surface area (Å²) >= 11 is 0. The summed E-state index contributed by atoms with van der Waals surface area (Å²) in [7, 11) is 0. The van der Waals surface area contributed by atoms with E-state index in [1.165, 1.54) is 50.5 Å². The van der Waals surface area contributed by atoms with Crippen molar-refractivity contribution in [1.29, 1.82) is 0 Å². The highest BCUT2D eigenvalue weighted by atomic mass is 15.3. The third-order valence-electron chi connectivity index (χ3n) is 4.63. The number of hydrogen-bond acceptors (Lipinski definition) is 2. The second kappa shape index (κ2) is 6.57. The van der Waals surface area contributed by atoms with Crippen LogP contribution in [0.25, 0.3) is 6.08 Å². The van der Waals surface area contributed by atoms with Gasteiger partial charge in [-0.15, -0.1) is 0 Å². The molecular weight excluding hydrogens is 246 g/mol. The van der Waals surface area contributed by atoms with Crippen LogP contribution >= 0.6 is 0 Å². The summed E-state index contributed by atoms with van der Waals surface area (Å²) in [6, 6.07) is 0.792. The van der Waals surface area contributed by atoms with Crippen molar-refractivity contribution < 1.29 is 0 Å². The lowest BCUT2D eigenvalue weighted by atomic mass is 9.83. The average molecular weight is 273 g/mol. The second-order valence-electron chi connectivity index (χ2n) is 6.34. The lowest BCUT2D eigenvalue weighted by Crippen LogP contribution is -2.23. The first-order valence-corrected chi connectivity index (χ1v) is 8.31. The first kappa shape index (κ1) is 13.9. The maximum atomic E-state index is 4.39. The predicted octanol–water partition coefficient (Wildman–Crippen LogP) is 3.62. The Morgan fingerprint density at radius 2 is 2.10 bits per heavy atom. The van der Waals surface area contributed by atoms with Gasteiger partial charge in [-0.3, -0.25) is 4.68 Å². The standard InChI is InChI=1S/C17H27N3/c1-2-20-13-14(11-19-20)10-16(12-18-17-8-9-17)15-6-4-3-5-7-15/h10-11,13,15,17-18H,2-9,12H2,1H3/b16-10-. The van der Waals surface area contributed by atoms with Gasteiger partial charge in [-0.25, -0.2) is 0 Å². The smallest absolute Gasteiger partial charge is 0.0562 e. The lowest BCUT2D eigenvalue weighted by molar-refractivity contribution is 0.396. The normalized spacial score (nSPS) is 21.4. The summed E-state index contributed by atoms with van der Waals surface area (Å²) in [5.41, 5.74) is 2.87. The summed E-state index contributed by atoms with van der Waals surface area (Å²) in [5, 5.41) is 8.09.